The Morgan fingerprint density at radius 2 is 1.20 bits per heavy atom. The molecule has 0 amide bonds. The van der Waals surface area contributed by atoms with Crippen LogP contribution in [0.1, 0.15) is 59.6 Å². The lowest BCUT2D eigenvalue weighted by Crippen LogP contribution is -1.93. The molecule has 0 N–H and O–H groups in total. The zero-order valence-electron chi connectivity index (χ0n) is 17.4. The quantitative estimate of drug-likeness (QED) is 0.335. The molecule has 0 fully saturated rings. The maximum atomic E-state index is 14.4. The Bertz CT molecular complexity index is 1090. The van der Waals surface area contributed by atoms with E-state index in [1.54, 1.807) is 0 Å². The van der Waals surface area contributed by atoms with E-state index in [-0.39, 0.29) is 11.1 Å². The van der Waals surface area contributed by atoms with Gasteiger partial charge in [0.1, 0.15) is 11.6 Å². The fourth-order valence-electron chi connectivity index (χ4n) is 3.01. The summed E-state index contributed by atoms with van der Waals surface area (Å²) in [4.78, 5) is 0. The lowest BCUT2D eigenvalue weighted by molar-refractivity contribution is 0.577. The molecule has 0 saturated heterocycles. The van der Waals surface area contributed by atoms with Crippen LogP contribution in [-0.4, -0.2) is 0 Å². The van der Waals surface area contributed by atoms with Gasteiger partial charge in [0.05, 0.1) is 5.56 Å². The molecule has 0 aliphatic rings. The second kappa shape index (κ2) is 10.4. The Morgan fingerprint density at radius 1 is 0.667 bits per heavy atom. The van der Waals surface area contributed by atoms with Crippen LogP contribution in [0.4, 0.5) is 8.78 Å². The van der Waals surface area contributed by atoms with Gasteiger partial charge in [-0.2, -0.15) is 0 Å². The van der Waals surface area contributed by atoms with E-state index in [1.165, 1.54) is 30.5 Å². The Kier molecular flexibility index (Phi) is 7.42. The van der Waals surface area contributed by atoms with Crippen molar-refractivity contribution in [2.45, 2.75) is 39.5 Å². The molecule has 0 heterocycles. The number of hydrogen-bond acceptors (Lipinski definition) is 0. The first-order valence-corrected chi connectivity index (χ1v) is 10.2. The molecule has 0 nitrogen and oxygen atoms in total. The minimum atomic E-state index is -0.702. The predicted octanol–water partition coefficient (Wildman–Crippen LogP) is 6.81. The molecule has 0 aliphatic heterocycles. The third kappa shape index (κ3) is 6.07. The minimum Gasteiger partial charge on any atom is -0.205 e. The van der Waals surface area contributed by atoms with Crippen LogP contribution in [0.5, 0.6) is 0 Å². The van der Waals surface area contributed by atoms with Gasteiger partial charge in [-0.1, -0.05) is 73.3 Å². The fraction of sp³-hybridized carbons (Fsp3) is 0.214. The zero-order valence-corrected chi connectivity index (χ0v) is 17.4. The molecule has 150 valence electrons. The topological polar surface area (TPSA) is 0 Å². The molecule has 0 bridgehead atoms. The largest absolute Gasteiger partial charge is 0.205 e. The van der Waals surface area contributed by atoms with E-state index in [1.807, 2.05) is 55.5 Å². The number of aryl methyl sites for hydroxylation is 2. The van der Waals surface area contributed by atoms with Crippen LogP contribution in [-0.2, 0) is 6.42 Å². The van der Waals surface area contributed by atoms with Crippen molar-refractivity contribution in [2.75, 3.05) is 0 Å². The number of halogens is 2. The lowest BCUT2D eigenvalue weighted by atomic mass is 10.0. The van der Waals surface area contributed by atoms with Gasteiger partial charge in [0.15, 0.2) is 0 Å². The van der Waals surface area contributed by atoms with Gasteiger partial charge in [0, 0.05) is 16.7 Å². The molecule has 3 aromatic carbocycles. The van der Waals surface area contributed by atoms with Gasteiger partial charge in [-0.15, -0.1) is 0 Å². The Balaban J connectivity index is 1.74. The highest BCUT2D eigenvalue weighted by molar-refractivity contribution is 5.49. The van der Waals surface area contributed by atoms with E-state index in [0.717, 1.165) is 29.5 Å². The Labute approximate surface area is 178 Å². The monoisotopic (exact) mass is 398 g/mol. The SMILES string of the molecule is CCCCCc1ccc(C#Cc2c(F)cc(C#Cc3ccc(C)cc3)cc2F)cc1. The van der Waals surface area contributed by atoms with Crippen molar-refractivity contribution >= 4 is 0 Å². The smallest absolute Gasteiger partial charge is 0.143 e. The molecule has 0 aliphatic carbocycles. The third-order valence-electron chi connectivity index (χ3n) is 4.80. The first-order valence-electron chi connectivity index (χ1n) is 10.2. The summed E-state index contributed by atoms with van der Waals surface area (Å²) in [7, 11) is 0. The van der Waals surface area contributed by atoms with Crippen LogP contribution in [0.3, 0.4) is 0 Å². The van der Waals surface area contributed by atoms with E-state index < -0.39 is 11.6 Å². The van der Waals surface area contributed by atoms with Crippen LogP contribution < -0.4 is 0 Å². The third-order valence-corrected chi connectivity index (χ3v) is 4.80. The van der Waals surface area contributed by atoms with Gasteiger partial charge in [0.2, 0.25) is 0 Å². The summed E-state index contributed by atoms with van der Waals surface area (Å²) in [5.74, 6) is 9.81. The maximum absolute atomic E-state index is 14.4. The number of hydrogen-bond donors (Lipinski definition) is 0. The number of unbranched alkanes of at least 4 members (excludes halogenated alkanes) is 2. The highest BCUT2D eigenvalue weighted by Crippen LogP contribution is 2.15. The van der Waals surface area contributed by atoms with Crippen molar-refractivity contribution in [1.29, 1.82) is 0 Å². The summed E-state index contributed by atoms with van der Waals surface area (Å²) in [6.07, 6.45) is 4.61. The normalized spacial score (nSPS) is 10.0. The minimum absolute atomic E-state index is 0.233. The highest BCUT2D eigenvalue weighted by Gasteiger charge is 2.08. The van der Waals surface area contributed by atoms with Crippen molar-refractivity contribution in [3.63, 3.8) is 0 Å². The van der Waals surface area contributed by atoms with Crippen molar-refractivity contribution < 1.29 is 8.78 Å². The standard InChI is InChI=1S/C28H24F2/c1-3-4-5-6-22-11-13-24(14-12-22)17-18-26-27(29)19-25(20-28(26)30)16-15-23-9-7-21(2)8-10-23/h7-14,19-20H,3-6H2,1-2H3. The van der Waals surface area contributed by atoms with E-state index in [0.29, 0.717) is 0 Å². The summed E-state index contributed by atoms with van der Waals surface area (Å²) in [6.45, 7) is 4.17. The van der Waals surface area contributed by atoms with E-state index in [4.69, 9.17) is 0 Å². The van der Waals surface area contributed by atoms with Gasteiger partial charge in [-0.25, -0.2) is 8.78 Å². The second-order valence-corrected chi connectivity index (χ2v) is 7.33. The molecule has 2 heteroatoms. The molecule has 3 aromatic rings. The Morgan fingerprint density at radius 3 is 1.80 bits per heavy atom. The first kappa shape index (κ1) is 21.4. The van der Waals surface area contributed by atoms with Gasteiger partial charge < -0.3 is 0 Å². The molecule has 30 heavy (non-hydrogen) atoms. The molecule has 0 aromatic heterocycles. The van der Waals surface area contributed by atoms with Gasteiger partial charge in [0.25, 0.3) is 0 Å². The van der Waals surface area contributed by atoms with Crippen molar-refractivity contribution in [2.24, 2.45) is 0 Å². The number of benzene rings is 3. The van der Waals surface area contributed by atoms with Crippen molar-refractivity contribution in [1.82, 2.24) is 0 Å². The average molecular weight is 398 g/mol. The molecule has 3 rings (SSSR count). The van der Waals surface area contributed by atoms with E-state index >= 15 is 0 Å². The van der Waals surface area contributed by atoms with Gasteiger partial charge in [-0.3, -0.25) is 0 Å². The summed E-state index contributed by atoms with van der Waals surface area (Å²) >= 11 is 0. The Hall–Kier alpha value is -3.36. The second-order valence-electron chi connectivity index (χ2n) is 7.33. The summed E-state index contributed by atoms with van der Waals surface area (Å²) in [5, 5.41) is 0. The molecular formula is C28H24F2. The summed E-state index contributed by atoms with van der Waals surface area (Å²) in [6, 6.07) is 17.9. The maximum Gasteiger partial charge on any atom is 0.143 e. The van der Waals surface area contributed by atoms with Crippen molar-refractivity contribution in [3.8, 4) is 23.7 Å². The molecule has 0 spiro atoms. The first-order chi connectivity index (χ1) is 14.5. The summed E-state index contributed by atoms with van der Waals surface area (Å²) < 4.78 is 28.8. The van der Waals surface area contributed by atoms with E-state index in [9.17, 15) is 8.78 Å². The molecule has 0 unspecified atom stereocenters. The molecule has 0 atom stereocenters. The predicted molar refractivity (Wildman–Crippen MR) is 119 cm³/mol. The van der Waals surface area contributed by atoms with Crippen LogP contribution in [0.15, 0.2) is 60.7 Å². The van der Waals surface area contributed by atoms with Crippen molar-refractivity contribution in [3.05, 3.63) is 106 Å². The zero-order chi connectivity index (χ0) is 21.3. The highest BCUT2D eigenvalue weighted by atomic mass is 19.1. The van der Waals surface area contributed by atoms with E-state index in [2.05, 4.69) is 30.6 Å². The molecule has 0 radical (unpaired) electrons. The molecule has 0 saturated carbocycles. The molecular weight excluding hydrogens is 374 g/mol. The summed E-state index contributed by atoms with van der Waals surface area (Å²) in [5.41, 5.74) is 3.96. The van der Waals surface area contributed by atoms with Crippen LogP contribution in [0.25, 0.3) is 0 Å². The van der Waals surface area contributed by atoms with Crippen LogP contribution >= 0.6 is 0 Å². The lowest BCUT2D eigenvalue weighted by Gasteiger charge is -2.01. The van der Waals surface area contributed by atoms with Crippen LogP contribution in [0.2, 0.25) is 0 Å². The average Bonchev–Trinajstić information content (AvgIpc) is 2.74. The van der Waals surface area contributed by atoms with Gasteiger partial charge in [-0.05, 0) is 61.7 Å². The fourth-order valence-corrected chi connectivity index (χ4v) is 3.01. The van der Waals surface area contributed by atoms with Crippen LogP contribution in [0, 0.1) is 42.2 Å². The van der Waals surface area contributed by atoms with Gasteiger partial charge >= 0.3 is 0 Å². The number of rotatable bonds is 4.